The third-order valence-corrected chi connectivity index (χ3v) is 6.92. The summed E-state index contributed by atoms with van der Waals surface area (Å²) in [6.07, 6.45) is 2.43. The van der Waals surface area contributed by atoms with Crippen molar-refractivity contribution in [2.45, 2.75) is 36.3 Å². The lowest BCUT2D eigenvalue weighted by atomic mass is 9.81. The fraction of sp³-hybridized carbons (Fsp3) is 0.500. The summed E-state index contributed by atoms with van der Waals surface area (Å²) < 4.78 is 0. The van der Waals surface area contributed by atoms with Gasteiger partial charge in [-0.2, -0.15) is 0 Å². The van der Waals surface area contributed by atoms with Crippen molar-refractivity contribution in [3.63, 3.8) is 0 Å². The Morgan fingerprint density at radius 3 is 2.92 bits per heavy atom. The normalized spacial score (nSPS) is 30.6. The van der Waals surface area contributed by atoms with Gasteiger partial charge in [-0.05, 0) is 43.9 Å². The number of thioether (sulfide) groups is 1. The number of hydrogen-bond acceptors (Lipinski definition) is 4. The number of likely N-dealkylation sites (tertiary alicyclic amines) is 1. The van der Waals surface area contributed by atoms with Crippen LogP contribution < -0.4 is 5.32 Å². The van der Waals surface area contributed by atoms with Gasteiger partial charge in [0.05, 0.1) is 16.4 Å². The molecule has 25 heavy (non-hydrogen) atoms. The van der Waals surface area contributed by atoms with Crippen molar-refractivity contribution in [3.05, 3.63) is 23.8 Å². The number of nitrogens with zero attached hydrogens (tertiary/aromatic N) is 1. The van der Waals surface area contributed by atoms with Gasteiger partial charge < -0.3 is 15.3 Å². The number of fused-ring (bicyclic) bond motifs is 2. The van der Waals surface area contributed by atoms with Crippen LogP contribution in [0.2, 0.25) is 0 Å². The van der Waals surface area contributed by atoms with E-state index in [1.165, 1.54) is 11.8 Å². The molecule has 1 unspecified atom stereocenters. The van der Waals surface area contributed by atoms with Gasteiger partial charge in [-0.3, -0.25) is 14.4 Å². The molecule has 1 aromatic rings. The van der Waals surface area contributed by atoms with E-state index < -0.39 is 11.4 Å². The number of carbonyl (C=O) groups is 3. The van der Waals surface area contributed by atoms with Gasteiger partial charge in [-0.25, -0.2) is 0 Å². The second-order valence-electron chi connectivity index (χ2n) is 7.20. The predicted octanol–water partition coefficient (Wildman–Crippen LogP) is 2.45. The molecule has 2 aliphatic heterocycles. The van der Waals surface area contributed by atoms with Crippen LogP contribution in [0.25, 0.3) is 0 Å². The number of rotatable bonds is 2. The summed E-state index contributed by atoms with van der Waals surface area (Å²) >= 11 is 1.47. The molecule has 2 amide bonds. The van der Waals surface area contributed by atoms with Crippen LogP contribution in [0.1, 0.15) is 36.5 Å². The molecular formula is C18H20N2O4S. The molecule has 0 radical (unpaired) electrons. The van der Waals surface area contributed by atoms with Gasteiger partial charge in [-0.15, -0.1) is 11.8 Å². The van der Waals surface area contributed by atoms with Crippen LogP contribution in [-0.4, -0.2) is 46.1 Å². The highest BCUT2D eigenvalue weighted by atomic mass is 32.2. The van der Waals surface area contributed by atoms with Crippen molar-refractivity contribution in [3.8, 4) is 0 Å². The van der Waals surface area contributed by atoms with Gasteiger partial charge in [0, 0.05) is 23.5 Å². The third kappa shape index (κ3) is 2.52. The molecule has 3 atom stereocenters. The zero-order chi connectivity index (χ0) is 17.8. The number of hydrogen-bond donors (Lipinski definition) is 2. The SMILES string of the molecule is CC1Sc2ccc(C(=O)N3C[C@@H]4CCC[C@@]4(C(=O)O)C3)cc2NC1=O. The molecule has 6 nitrogen and oxygen atoms in total. The van der Waals surface area contributed by atoms with E-state index in [0.717, 1.165) is 17.7 Å². The van der Waals surface area contributed by atoms with Crippen molar-refractivity contribution in [1.82, 2.24) is 4.90 Å². The molecule has 2 fully saturated rings. The Morgan fingerprint density at radius 1 is 1.40 bits per heavy atom. The van der Waals surface area contributed by atoms with Gasteiger partial charge in [0.2, 0.25) is 5.91 Å². The molecule has 0 bridgehead atoms. The van der Waals surface area contributed by atoms with Gasteiger partial charge >= 0.3 is 5.97 Å². The van der Waals surface area contributed by atoms with E-state index in [0.29, 0.717) is 24.2 Å². The average molecular weight is 360 g/mol. The van der Waals surface area contributed by atoms with E-state index in [1.54, 1.807) is 17.0 Å². The summed E-state index contributed by atoms with van der Waals surface area (Å²) in [5.74, 6) is -0.964. The first kappa shape index (κ1) is 16.4. The van der Waals surface area contributed by atoms with Crippen molar-refractivity contribution in [2.24, 2.45) is 11.3 Å². The zero-order valence-electron chi connectivity index (χ0n) is 13.9. The average Bonchev–Trinajstić information content (AvgIpc) is 3.13. The Bertz CT molecular complexity index is 780. The Labute approximate surface area is 150 Å². The third-order valence-electron chi connectivity index (χ3n) is 5.74. The molecule has 132 valence electrons. The van der Waals surface area contributed by atoms with Crippen LogP contribution >= 0.6 is 11.8 Å². The fourth-order valence-corrected chi connectivity index (χ4v) is 5.25. The van der Waals surface area contributed by atoms with E-state index >= 15 is 0 Å². The van der Waals surface area contributed by atoms with Gasteiger partial charge in [0.25, 0.3) is 5.91 Å². The maximum absolute atomic E-state index is 12.9. The number of anilines is 1. The smallest absolute Gasteiger partial charge is 0.311 e. The lowest BCUT2D eigenvalue weighted by Crippen LogP contribution is -2.37. The summed E-state index contributed by atoms with van der Waals surface area (Å²) in [5.41, 5.74) is 0.379. The lowest BCUT2D eigenvalue weighted by Gasteiger charge is -2.24. The first-order chi connectivity index (χ1) is 11.9. The monoisotopic (exact) mass is 360 g/mol. The van der Waals surface area contributed by atoms with Crippen LogP contribution in [0.15, 0.2) is 23.1 Å². The quantitative estimate of drug-likeness (QED) is 0.846. The highest BCUT2D eigenvalue weighted by Gasteiger charge is 2.55. The Morgan fingerprint density at radius 2 is 2.20 bits per heavy atom. The fourth-order valence-electron chi connectivity index (χ4n) is 4.32. The Hall–Kier alpha value is -2.02. The minimum atomic E-state index is -0.784. The highest BCUT2D eigenvalue weighted by molar-refractivity contribution is 8.00. The van der Waals surface area contributed by atoms with Crippen molar-refractivity contribution in [2.75, 3.05) is 18.4 Å². The molecule has 3 aliphatic rings. The molecule has 2 N–H and O–H groups in total. The largest absolute Gasteiger partial charge is 0.481 e. The standard InChI is InChI=1S/C18H20N2O4S/c1-10-15(21)19-13-7-11(4-5-14(13)25-10)16(22)20-8-12-3-2-6-18(12,9-20)17(23)24/h4-5,7,10,12H,2-3,6,8-9H2,1H3,(H,19,21)(H,23,24)/t10?,12-,18+/m0/s1. The number of aliphatic carboxylic acids is 1. The van der Waals surface area contributed by atoms with E-state index in [9.17, 15) is 19.5 Å². The van der Waals surface area contributed by atoms with E-state index in [1.807, 2.05) is 13.0 Å². The topological polar surface area (TPSA) is 86.7 Å². The molecule has 1 saturated heterocycles. The first-order valence-electron chi connectivity index (χ1n) is 8.55. The minimum absolute atomic E-state index is 0.0442. The second kappa shape index (κ2) is 5.76. The van der Waals surface area contributed by atoms with Crippen LogP contribution in [0.3, 0.4) is 0 Å². The lowest BCUT2D eigenvalue weighted by molar-refractivity contribution is -0.149. The molecule has 7 heteroatoms. The second-order valence-corrected chi connectivity index (χ2v) is 8.58. The van der Waals surface area contributed by atoms with Gasteiger partial charge in [0.1, 0.15) is 0 Å². The first-order valence-corrected chi connectivity index (χ1v) is 9.43. The van der Waals surface area contributed by atoms with E-state index in [2.05, 4.69) is 5.32 Å². The van der Waals surface area contributed by atoms with Crippen LogP contribution in [-0.2, 0) is 9.59 Å². The highest BCUT2D eigenvalue weighted by Crippen LogP contribution is 2.49. The van der Waals surface area contributed by atoms with Crippen molar-refractivity contribution >= 4 is 35.2 Å². The van der Waals surface area contributed by atoms with E-state index in [-0.39, 0.29) is 29.5 Å². The van der Waals surface area contributed by atoms with Crippen molar-refractivity contribution in [1.29, 1.82) is 0 Å². The number of benzene rings is 1. The summed E-state index contributed by atoms with van der Waals surface area (Å²) in [6.45, 7) is 2.62. The van der Waals surface area contributed by atoms with Gasteiger partial charge in [-0.1, -0.05) is 6.42 Å². The predicted molar refractivity (Wildman–Crippen MR) is 93.7 cm³/mol. The molecular weight excluding hydrogens is 340 g/mol. The molecule has 0 aromatic heterocycles. The number of nitrogens with one attached hydrogen (secondary N) is 1. The number of amides is 2. The van der Waals surface area contributed by atoms with Crippen LogP contribution in [0.5, 0.6) is 0 Å². The molecule has 1 aliphatic carbocycles. The van der Waals surface area contributed by atoms with E-state index in [4.69, 9.17) is 0 Å². The number of carbonyl (C=O) groups excluding carboxylic acids is 2. The molecule has 1 aromatic carbocycles. The molecule has 0 spiro atoms. The summed E-state index contributed by atoms with van der Waals surface area (Å²) in [7, 11) is 0. The van der Waals surface area contributed by atoms with Crippen LogP contribution in [0.4, 0.5) is 5.69 Å². The van der Waals surface area contributed by atoms with Crippen LogP contribution in [0, 0.1) is 11.3 Å². The Kier molecular flexibility index (Phi) is 3.79. The molecule has 1 saturated carbocycles. The molecule has 2 heterocycles. The molecule has 4 rings (SSSR count). The summed E-state index contributed by atoms with van der Waals surface area (Å²) in [5, 5.41) is 12.4. The maximum Gasteiger partial charge on any atom is 0.311 e. The number of carboxylic acid groups (broad SMARTS) is 1. The number of carboxylic acids is 1. The summed E-state index contributed by atoms with van der Waals surface area (Å²) in [4.78, 5) is 39.1. The van der Waals surface area contributed by atoms with Crippen molar-refractivity contribution < 1.29 is 19.5 Å². The van der Waals surface area contributed by atoms with Gasteiger partial charge in [0.15, 0.2) is 0 Å². The maximum atomic E-state index is 12.9. The zero-order valence-corrected chi connectivity index (χ0v) is 14.8. The summed E-state index contributed by atoms with van der Waals surface area (Å²) in [6, 6.07) is 5.32. The minimum Gasteiger partial charge on any atom is -0.481 e. The Balaban J connectivity index is 1.58.